The van der Waals surface area contributed by atoms with E-state index in [1.54, 1.807) is 45.0 Å². The Labute approximate surface area is 179 Å². The van der Waals surface area contributed by atoms with E-state index in [4.69, 9.17) is 9.47 Å². The molecule has 30 heavy (non-hydrogen) atoms. The van der Waals surface area contributed by atoms with Gasteiger partial charge in [-0.05, 0) is 58.0 Å². The second-order valence-corrected chi connectivity index (χ2v) is 8.20. The van der Waals surface area contributed by atoms with Crippen molar-refractivity contribution < 1.29 is 19.1 Å². The number of nitrogens with one attached hydrogen (secondary N) is 1. The van der Waals surface area contributed by atoms with Crippen LogP contribution in [-0.2, 0) is 11.3 Å². The van der Waals surface area contributed by atoms with Crippen LogP contribution in [0.15, 0.2) is 48.5 Å². The van der Waals surface area contributed by atoms with Crippen LogP contribution in [0.4, 0.5) is 5.69 Å². The first-order valence-electron chi connectivity index (χ1n) is 9.60. The lowest BCUT2D eigenvalue weighted by molar-refractivity contribution is 0.0377. The zero-order valence-corrected chi connectivity index (χ0v) is 18.2. The Morgan fingerprint density at radius 1 is 1.10 bits per heavy atom. The molecule has 1 heterocycles. The molecule has 0 aliphatic heterocycles. The molecule has 2 aromatic carbocycles. The standard InChI is InChI=1S/C23H24N2O4S/c1-14(2)29-23(27)17-6-5-7-18(12-17)25-22(26)21-16(4)24-20(30-21)13-28-19-10-8-15(3)9-11-19/h5-12,14H,13H2,1-4H3,(H,25,26). The number of esters is 1. The number of amides is 1. The van der Waals surface area contributed by atoms with E-state index in [-0.39, 0.29) is 12.0 Å². The van der Waals surface area contributed by atoms with Gasteiger partial charge >= 0.3 is 5.97 Å². The molecule has 0 aliphatic rings. The molecule has 3 rings (SSSR count). The summed E-state index contributed by atoms with van der Waals surface area (Å²) in [5, 5.41) is 3.54. The minimum atomic E-state index is -0.425. The molecule has 1 amide bonds. The quantitative estimate of drug-likeness (QED) is 0.530. The van der Waals surface area contributed by atoms with E-state index in [0.29, 0.717) is 33.4 Å². The summed E-state index contributed by atoms with van der Waals surface area (Å²) in [6.45, 7) is 7.67. The van der Waals surface area contributed by atoms with Gasteiger partial charge in [0, 0.05) is 5.69 Å². The monoisotopic (exact) mass is 424 g/mol. The van der Waals surface area contributed by atoms with Gasteiger partial charge < -0.3 is 14.8 Å². The zero-order valence-electron chi connectivity index (χ0n) is 17.4. The SMILES string of the molecule is Cc1ccc(OCc2nc(C)c(C(=O)Nc3cccc(C(=O)OC(C)C)c3)s2)cc1. The van der Waals surface area contributed by atoms with Crippen molar-refractivity contribution in [2.24, 2.45) is 0 Å². The van der Waals surface area contributed by atoms with Crippen molar-refractivity contribution in [3.05, 3.63) is 75.2 Å². The maximum atomic E-state index is 12.7. The Kier molecular flexibility index (Phi) is 6.84. The summed E-state index contributed by atoms with van der Waals surface area (Å²) in [6.07, 6.45) is -0.212. The maximum Gasteiger partial charge on any atom is 0.338 e. The Morgan fingerprint density at radius 3 is 2.53 bits per heavy atom. The van der Waals surface area contributed by atoms with Gasteiger partial charge in [0.1, 0.15) is 22.2 Å². The minimum absolute atomic E-state index is 0.212. The fourth-order valence-corrected chi connectivity index (χ4v) is 3.57. The lowest BCUT2D eigenvalue weighted by Gasteiger charge is -2.09. The van der Waals surface area contributed by atoms with Crippen LogP contribution >= 0.6 is 11.3 Å². The number of nitrogens with zero attached hydrogens (tertiary/aromatic N) is 1. The number of anilines is 1. The molecule has 1 aromatic heterocycles. The lowest BCUT2D eigenvalue weighted by Crippen LogP contribution is -2.14. The van der Waals surface area contributed by atoms with E-state index < -0.39 is 5.97 Å². The van der Waals surface area contributed by atoms with Crippen LogP contribution in [0.2, 0.25) is 0 Å². The van der Waals surface area contributed by atoms with Gasteiger partial charge in [-0.25, -0.2) is 9.78 Å². The Balaban J connectivity index is 1.66. The fraction of sp³-hybridized carbons (Fsp3) is 0.261. The lowest BCUT2D eigenvalue weighted by atomic mass is 10.2. The number of aryl methyl sites for hydroxylation is 2. The molecular weight excluding hydrogens is 400 g/mol. The van der Waals surface area contributed by atoms with Crippen molar-refractivity contribution in [2.75, 3.05) is 5.32 Å². The number of ether oxygens (including phenoxy) is 2. The normalized spacial score (nSPS) is 10.7. The van der Waals surface area contributed by atoms with Gasteiger partial charge in [0.15, 0.2) is 0 Å². The number of hydrogen-bond acceptors (Lipinski definition) is 6. The highest BCUT2D eigenvalue weighted by Gasteiger charge is 2.17. The Morgan fingerprint density at radius 2 is 1.83 bits per heavy atom. The molecule has 3 aromatic rings. The molecule has 0 unspecified atom stereocenters. The Hall–Kier alpha value is -3.19. The Bertz CT molecular complexity index is 1040. The number of carbonyl (C=O) groups excluding carboxylic acids is 2. The van der Waals surface area contributed by atoms with E-state index in [9.17, 15) is 9.59 Å². The summed E-state index contributed by atoms with van der Waals surface area (Å²) in [5.41, 5.74) is 2.70. The van der Waals surface area contributed by atoms with Crippen molar-refractivity contribution in [1.82, 2.24) is 4.98 Å². The van der Waals surface area contributed by atoms with Gasteiger partial charge in [-0.3, -0.25) is 4.79 Å². The molecule has 156 valence electrons. The van der Waals surface area contributed by atoms with E-state index >= 15 is 0 Å². The second-order valence-electron chi connectivity index (χ2n) is 7.11. The van der Waals surface area contributed by atoms with Crippen LogP contribution in [0.1, 0.15) is 50.1 Å². The van der Waals surface area contributed by atoms with E-state index in [1.807, 2.05) is 31.2 Å². The molecule has 7 heteroatoms. The molecule has 0 radical (unpaired) electrons. The van der Waals surface area contributed by atoms with Crippen molar-refractivity contribution >= 4 is 28.9 Å². The molecule has 0 spiro atoms. The summed E-state index contributed by atoms with van der Waals surface area (Å²) in [6, 6.07) is 14.4. The highest BCUT2D eigenvalue weighted by Crippen LogP contribution is 2.22. The third-order valence-corrected chi connectivity index (χ3v) is 5.26. The van der Waals surface area contributed by atoms with Crippen LogP contribution in [0.25, 0.3) is 0 Å². The predicted octanol–water partition coefficient (Wildman–Crippen LogP) is 5.16. The van der Waals surface area contributed by atoms with Gasteiger partial charge in [-0.15, -0.1) is 11.3 Å². The molecule has 1 N–H and O–H groups in total. The van der Waals surface area contributed by atoms with Crippen LogP contribution in [0.5, 0.6) is 5.75 Å². The predicted molar refractivity (Wildman–Crippen MR) is 117 cm³/mol. The van der Waals surface area contributed by atoms with Crippen LogP contribution in [0, 0.1) is 13.8 Å². The summed E-state index contributed by atoms with van der Waals surface area (Å²) in [4.78, 5) is 29.7. The average molecular weight is 425 g/mol. The van der Waals surface area contributed by atoms with Crippen molar-refractivity contribution in [2.45, 2.75) is 40.4 Å². The second kappa shape index (κ2) is 9.54. The average Bonchev–Trinajstić information content (AvgIpc) is 3.08. The first-order chi connectivity index (χ1) is 14.3. The third kappa shape index (κ3) is 5.67. The number of benzene rings is 2. The molecule has 6 nitrogen and oxygen atoms in total. The molecule has 0 bridgehead atoms. The summed E-state index contributed by atoms with van der Waals surface area (Å²) in [7, 11) is 0. The minimum Gasteiger partial charge on any atom is -0.486 e. The van der Waals surface area contributed by atoms with Crippen molar-refractivity contribution in [3.8, 4) is 5.75 Å². The fourth-order valence-electron chi connectivity index (χ4n) is 2.70. The van der Waals surface area contributed by atoms with Crippen molar-refractivity contribution in [1.29, 1.82) is 0 Å². The first kappa shape index (κ1) is 21.5. The highest BCUT2D eigenvalue weighted by molar-refractivity contribution is 7.13. The van der Waals surface area contributed by atoms with Crippen LogP contribution in [0.3, 0.4) is 0 Å². The number of hydrogen-bond donors (Lipinski definition) is 1. The molecule has 0 atom stereocenters. The molecule has 0 saturated heterocycles. The van der Waals surface area contributed by atoms with E-state index in [2.05, 4.69) is 10.3 Å². The van der Waals surface area contributed by atoms with Gasteiger partial charge in [-0.2, -0.15) is 0 Å². The van der Waals surface area contributed by atoms with Gasteiger partial charge in [0.2, 0.25) is 0 Å². The number of aromatic nitrogens is 1. The van der Waals surface area contributed by atoms with Gasteiger partial charge in [-0.1, -0.05) is 23.8 Å². The van der Waals surface area contributed by atoms with Crippen LogP contribution < -0.4 is 10.1 Å². The maximum absolute atomic E-state index is 12.7. The van der Waals surface area contributed by atoms with Gasteiger partial charge in [0.05, 0.1) is 17.4 Å². The zero-order chi connectivity index (χ0) is 21.7. The molecule has 0 saturated carbocycles. The number of thiazole rings is 1. The summed E-state index contributed by atoms with van der Waals surface area (Å²) in [5.74, 6) is 0.0520. The number of carbonyl (C=O) groups is 2. The summed E-state index contributed by atoms with van der Waals surface area (Å²) < 4.78 is 11.0. The third-order valence-electron chi connectivity index (χ3n) is 4.13. The van der Waals surface area contributed by atoms with Crippen molar-refractivity contribution in [3.63, 3.8) is 0 Å². The first-order valence-corrected chi connectivity index (χ1v) is 10.4. The summed E-state index contributed by atoms with van der Waals surface area (Å²) >= 11 is 1.29. The molecule has 0 aliphatic carbocycles. The highest BCUT2D eigenvalue weighted by atomic mass is 32.1. The van der Waals surface area contributed by atoms with E-state index in [1.165, 1.54) is 11.3 Å². The van der Waals surface area contributed by atoms with Gasteiger partial charge in [0.25, 0.3) is 5.91 Å². The van der Waals surface area contributed by atoms with E-state index in [0.717, 1.165) is 11.3 Å². The smallest absolute Gasteiger partial charge is 0.338 e. The molecule has 0 fully saturated rings. The number of rotatable bonds is 7. The van der Waals surface area contributed by atoms with Crippen LogP contribution in [-0.4, -0.2) is 23.0 Å². The molecular formula is C23H24N2O4S. The largest absolute Gasteiger partial charge is 0.486 e. The topological polar surface area (TPSA) is 77.5 Å².